The molecule has 1 aliphatic rings. The maximum Gasteiger partial charge on any atom is 0.255 e. The van der Waals surface area contributed by atoms with Crippen molar-refractivity contribution in [3.8, 4) is 0 Å². The molecule has 19 heavy (non-hydrogen) atoms. The summed E-state index contributed by atoms with van der Waals surface area (Å²) in [7, 11) is 0. The third kappa shape index (κ3) is 3.50. The SMILES string of the molecule is O=C(c1cc(Cl)ccc1Br)N1CCCC1CCCO. The predicted molar refractivity (Wildman–Crippen MR) is 79.5 cm³/mol. The van der Waals surface area contributed by atoms with Crippen molar-refractivity contribution in [1.82, 2.24) is 4.90 Å². The first-order valence-corrected chi connectivity index (χ1v) is 7.67. The first-order chi connectivity index (χ1) is 9.13. The standard InChI is InChI=1S/C14H17BrClNO2/c15-13-6-5-10(16)9-12(13)14(19)17-7-1-3-11(17)4-2-8-18/h5-6,9,11,18H,1-4,7-8H2. The highest BCUT2D eigenvalue weighted by Crippen LogP contribution is 2.28. The molecule has 2 rings (SSSR count). The predicted octanol–water partition coefficient (Wildman–Crippen LogP) is 3.48. The molecule has 1 aliphatic heterocycles. The first kappa shape index (κ1) is 14.8. The molecule has 0 saturated carbocycles. The normalized spacial score (nSPS) is 18.9. The van der Waals surface area contributed by atoms with E-state index in [0.717, 1.165) is 36.7 Å². The van der Waals surface area contributed by atoms with Crippen LogP contribution in [0.4, 0.5) is 0 Å². The van der Waals surface area contributed by atoms with Crippen LogP contribution in [0.15, 0.2) is 22.7 Å². The minimum Gasteiger partial charge on any atom is -0.396 e. The van der Waals surface area contributed by atoms with Gasteiger partial charge in [-0.15, -0.1) is 0 Å². The number of carbonyl (C=O) groups excluding carboxylic acids is 1. The summed E-state index contributed by atoms with van der Waals surface area (Å²) in [6.07, 6.45) is 3.65. The maximum absolute atomic E-state index is 12.6. The zero-order valence-corrected chi connectivity index (χ0v) is 13.0. The van der Waals surface area contributed by atoms with E-state index < -0.39 is 0 Å². The van der Waals surface area contributed by atoms with Crippen LogP contribution >= 0.6 is 27.5 Å². The number of benzene rings is 1. The van der Waals surface area contributed by atoms with Gasteiger partial charge >= 0.3 is 0 Å². The van der Waals surface area contributed by atoms with Crippen molar-refractivity contribution in [3.05, 3.63) is 33.3 Å². The van der Waals surface area contributed by atoms with Gasteiger partial charge in [-0.05, 0) is 59.8 Å². The lowest BCUT2D eigenvalue weighted by Crippen LogP contribution is -2.35. The van der Waals surface area contributed by atoms with E-state index in [4.69, 9.17) is 16.7 Å². The fraction of sp³-hybridized carbons (Fsp3) is 0.500. The van der Waals surface area contributed by atoms with Crippen LogP contribution in [0.2, 0.25) is 5.02 Å². The highest BCUT2D eigenvalue weighted by atomic mass is 79.9. The molecule has 1 unspecified atom stereocenters. The number of hydrogen-bond donors (Lipinski definition) is 1. The zero-order valence-electron chi connectivity index (χ0n) is 10.6. The minimum absolute atomic E-state index is 0.0230. The minimum atomic E-state index is 0.0230. The Hall–Kier alpha value is -0.580. The van der Waals surface area contributed by atoms with Gasteiger partial charge in [0.05, 0.1) is 5.56 Å². The lowest BCUT2D eigenvalue weighted by atomic mass is 10.1. The van der Waals surface area contributed by atoms with Crippen molar-refractivity contribution >= 4 is 33.4 Å². The molecule has 1 atom stereocenters. The average molecular weight is 347 g/mol. The third-order valence-electron chi connectivity index (χ3n) is 3.49. The second kappa shape index (κ2) is 6.73. The molecule has 0 aromatic heterocycles. The summed E-state index contributed by atoms with van der Waals surface area (Å²) >= 11 is 9.37. The topological polar surface area (TPSA) is 40.5 Å². The van der Waals surface area contributed by atoms with Gasteiger partial charge in [-0.2, -0.15) is 0 Å². The van der Waals surface area contributed by atoms with E-state index in [0.29, 0.717) is 10.6 Å². The van der Waals surface area contributed by atoms with Crippen molar-refractivity contribution in [3.63, 3.8) is 0 Å². The molecule has 1 heterocycles. The number of hydrogen-bond acceptors (Lipinski definition) is 2. The molecule has 1 N–H and O–H groups in total. The van der Waals surface area contributed by atoms with Gasteiger partial charge in [0.1, 0.15) is 0 Å². The molecule has 3 nitrogen and oxygen atoms in total. The highest BCUT2D eigenvalue weighted by molar-refractivity contribution is 9.10. The van der Waals surface area contributed by atoms with Crippen LogP contribution < -0.4 is 0 Å². The number of carbonyl (C=O) groups is 1. The van der Waals surface area contributed by atoms with Gasteiger partial charge in [-0.3, -0.25) is 4.79 Å². The number of aliphatic hydroxyl groups is 1. The Bertz CT molecular complexity index is 467. The molecule has 0 spiro atoms. The molecule has 1 amide bonds. The Labute approximate surface area is 126 Å². The van der Waals surface area contributed by atoms with Crippen LogP contribution in [-0.2, 0) is 0 Å². The average Bonchev–Trinajstić information content (AvgIpc) is 2.86. The van der Waals surface area contributed by atoms with Gasteiger partial charge in [-0.1, -0.05) is 11.6 Å². The molecule has 1 fully saturated rings. The van der Waals surface area contributed by atoms with Crippen LogP contribution in [0.1, 0.15) is 36.0 Å². The Morgan fingerprint density at radius 2 is 2.32 bits per heavy atom. The van der Waals surface area contributed by atoms with E-state index in [2.05, 4.69) is 15.9 Å². The number of aliphatic hydroxyl groups excluding tert-OH is 1. The second-order valence-electron chi connectivity index (χ2n) is 4.78. The molecular formula is C14H17BrClNO2. The van der Waals surface area contributed by atoms with Crippen LogP contribution in [-0.4, -0.2) is 35.1 Å². The summed E-state index contributed by atoms with van der Waals surface area (Å²) in [5.74, 6) is 0.0230. The van der Waals surface area contributed by atoms with Gasteiger partial charge in [0.15, 0.2) is 0 Å². The summed E-state index contributed by atoms with van der Waals surface area (Å²) in [6, 6.07) is 5.50. The molecule has 1 saturated heterocycles. The van der Waals surface area contributed by atoms with Gasteiger partial charge in [0.2, 0.25) is 0 Å². The maximum atomic E-state index is 12.6. The summed E-state index contributed by atoms with van der Waals surface area (Å²) in [6.45, 7) is 0.966. The number of likely N-dealkylation sites (tertiary alicyclic amines) is 1. The van der Waals surface area contributed by atoms with Gasteiger partial charge in [0, 0.05) is 28.7 Å². The van der Waals surface area contributed by atoms with Crippen molar-refractivity contribution in [2.24, 2.45) is 0 Å². The Morgan fingerprint density at radius 1 is 1.53 bits per heavy atom. The molecule has 104 valence electrons. The largest absolute Gasteiger partial charge is 0.396 e. The van der Waals surface area contributed by atoms with E-state index in [1.807, 2.05) is 4.90 Å². The number of halogens is 2. The molecule has 0 radical (unpaired) electrons. The van der Waals surface area contributed by atoms with Crippen LogP contribution in [0, 0.1) is 0 Å². The number of nitrogens with zero attached hydrogens (tertiary/aromatic N) is 1. The van der Waals surface area contributed by atoms with E-state index in [9.17, 15) is 4.79 Å². The first-order valence-electron chi connectivity index (χ1n) is 6.50. The number of amides is 1. The lowest BCUT2D eigenvalue weighted by molar-refractivity contribution is 0.0723. The summed E-state index contributed by atoms with van der Waals surface area (Å²) < 4.78 is 0.773. The Morgan fingerprint density at radius 3 is 3.05 bits per heavy atom. The van der Waals surface area contributed by atoms with Gasteiger partial charge < -0.3 is 10.0 Å². The van der Waals surface area contributed by atoms with E-state index >= 15 is 0 Å². The van der Waals surface area contributed by atoms with Crippen LogP contribution in [0.5, 0.6) is 0 Å². The molecule has 0 bridgehead atoms. The second-order valence-corrected chi connectivity index (χ2v) is 6.08. The smallest absolute Gasteiger partial charge is 0.255 e. The summed E-state index contributed by atoms with van der Waals surface area (Å²) in [5, 5.41) is 9.49. The fourth-order valence-corrected chi connectivity index (χ4v) is 3.13. The Balaban J connectivity index is 2.16. The number of rotatable bonds is 4. The zero-order chi connectivity index (χ0) is 13.8. The van der Waals surface area contributed by atoms with Gasteiger partial charge in [-0.25, -0.2) is 0 Å². The fourth-order valence-electron chi connectivity index (χ4n) is 2.55. The van der Waals surface area contributed by atoms with Crippen molar-refractivity contribution in [2.45, 2.75) is 31.7 Å². The van der Waals surface area contributed by atoms with Crippen molar-refractivity contribution in [2.75, 3.05) is 13.2 Å². The quantitative estimate of drug-likeness (QED) is 0.907. The monoisotopic (exact) mass is 345 g/mol. The van der Waals surface area contributed by atoms with Crippen molar-refractivity contribution in [1.29, 1.82) is 0 Å². The summed E-state index contributed by atoms with van der Waals surface area (Å²) in [4.78, 5) is 14.5. The van der Waals surface area contributed by atoms with E-state index in [1.54, 1.807) is 18.2 Å². The van der Waals surface area contributed by atoms with Crippen LogP contribution in [0.3, 0.4) is 0 Å². The lowest BCUT2D eigenvalue weighted by Gasteiger charge is -2.25. The molecular weight excluding hydrogens is 330 g/mol. The van der Waals surface area contributed by atoms with E-state index in [1.165, 1.54) is 0 Å². The van der Waals surface area contributed by atoms with Gasteiger partial charge in [0.25, 0.3) is 5.91 Å². The van der Waals surface area contributed by atoms with E-state index in [-0.39, 0.29) is 18.6 Å². The molecule has 1 aromatic carbocycles. The molecule has 5 heteroatoms. The molecule has 0 aliphatic carbocycles. The highest BCUT2D eigenvalue weighted by Gasteiger charge is 2.29. The van der Waals surface area contributed by atoms with Crippen molar-refractivity contribution < 1.29 is 9.90 Å². The third-order valence-corrected chi connectivity index (χ3v) is 4.42. The summed E-state index contributed by atoms with van der Waals surface area (Å²) in [5.41, 5.74) is 0.614. The Kier molecular flexibility index (Phi) is 5.25. The molecule has 1 aromatic rings. The van der Waals surface area contributed by atoms with Crippen LogP contribution in [0.25, 0.3) is 0 Å².